The minimum atomic E-state index is -1.15. The molecule has 0 aliphatic carbocycles. The molecule has 2 fully saturated rings. The summed E-state index contributed by atoms with van der Waals surface area (Å²) in [4.78, 5) is 0. The molecule has 24 heavy (non-hydrogen) atoms. The zero-order valence-electron chi connectivity index (χ0n) is 13.8. The molecule has 0 saturated carbocycles. The predicted octanol–water partition coefficient (Wildman–Crippen LogP) is -3.74. The standard InChI is InChI=1S/C14H28N2O8/c1-5-8(15)10(19)13(7(4-18)22-5)24-14-9(16)11(20)12(21-2)6(3-17)23-14/h5-14,17-20H,3-4,15-16H2,1-2H3/t5-,6?,7-,8?,9?,10?,11+,12-,13+,14-/m0/s1. The van der Waals surface area contributed by atoms with Gasteiger partial charge in [0.2, 0.25) is 0 Å². The van der Waals surface area contributed by atoms with Crippen molar-refractivity contribution in [2.75, 3.05) is 20.3 Å². The van der Waals surface area contributed by atoms with E-state index in [2.05, 4.69) is 0 Å². The van der Waals surface area contributed by atoms with Crippen molar-refractivity contribution >= 4 is 0 Å². The lowest BCUT2D eigenvalue weighted by Crippen LogP contribution is -2.67. The molecule has 0 radical (unpaired) electrons. The van der Waals surface area contributed by atoms with Crippen LogP contribution in [0.5, 0.6) is 0 Å². The molecular formula is C14H28N2O8. The molecule has 2 aliphatic heterocycles. The van der Waals surface area contributed by atoms with Crippen LogP contribution in [-0.2, 0) is 18.9 Å². The van der Waals surface area contributed by atoms with Crippen LogP contribution < -0.4 is 11.5 Å². The van der Waals surface area contributed by atoms with Crippen molar-refractivity contribution in [1.29, 1.82) is 0 Å². The molecule has 8 N–H and O–H groups in total. The van der Waals surface area contributed by atoms with E-state index < -0.39 is 74.3 Å². The van der Waals surface area contributed by atoms with Crippen LogP contribution in [0.2, 0.25) is 0 Å². The van der Waals surface area contributed by atoms with Gasteiger partial charge >= 0.3 is 0 Å². The zero-order valence-corrected chi connectivity index (χ0v) is 13.8. The molecular weight excluding hydrogens is 324 g/mol. The van der Waals surface area contributed by atoms with E-state index in [-0.39, 0.29) is 0 Å². The molecule has 2 heterocycles. The fraction of sp³-hybridized carbons (Fsp3) is 1.00. The van der Waals surface area contributed by atoms with Gasteiger partial charge in [0.05, 0.1) is 31.4 Å². The first-order valence-electron chi connectivity index (χ1n) is 7.93. The lowest BCUT2D eigenvalue weighted by atomic mass is 9.93. The van der Waals surface area contributed by atoms with Gasteiger partial charge in [0.1, 0.15) is 36.6 Å². The Hall–Kier alpha value is -0.400. The molecule has 10 nitrogen and oxygen atoms in total. The van der Waals surface area contributed by atoms with Crippen LogP contribution in [-0.4, -0.2) is 102 Å². The maximum atomic E-state index is 10.3. The molecule has 0 bridgehead atoms. The number of aliphatic hydroxyl groups is 4. The molecule has 4 unspecified atom stereocenters. The van der Waals surface area contributed by atoms with Gasteiger partial charge in [-0.15, -0.1) is 0 Å². The molecule has 142 valence electrons. The van der Waals surface area contributed by atoms with Crippen molar-refractivity contribution in [2.24, 2.45) is 11.5 Å². The van der Waals surface area contributed by atoms with Crippen molar-refractivity contribution in [3.05, 3.63) is 0 Å². The molecule has 0 amide bonds. The summed E-state index contributed by atoms with van der Waals surface area (Å²) in [5, 5.41) is 39.4. The van der Waals surface area contributed by atoms with Gasteiger partial charge in [-0.3, -0.25) is 0 Å². The van der Waals surface area contributed by atoms with Gasteiger partial charge in [0.25, 0.3) is 0 Å². The number of aliphatic hydroxyl groups excluding tert-OH is 4. The van der Waals surface area contributed by atoms with Crippen molar-refractivity contribution < 1.29 is 39.4 Å². The molecule has 0 spiro atoms. The summed E-state index contributed by atoms with van der Waals surface area (Å²) in [6.45, 7) is 0.879. The average molecular weight is 352 g/mol. The van der Waals surface area contributed by atoms with E-state index in [0.29, 0.717) is 0 Å². The molecule has 2 saturated heterocycles. The smallest absolute Gasteiger partial charge is 0.176 e. The molecule has 2 aliphatic rings. The van der Waals surface area contributed by atoms with Gasteiger partial charge in [-0.05, 0) is 6.92 Å². The predicted molar refractivity (Wildman–Crippen MR) is 80.8 cm³/mol. The fourth-order valence-corrected chi connectivity index (χ4v) is 3.13. The lowest BCUT2D eigenvalue weighted by Gasteiger charge is -2.47. The van der Waals surface area contributed by atoms with E-state index in [9.17, 15) is 20.4 Å². The monoisotopic (exact) mass is 352 g/mol. The van der Waals surface area contributed by atoms with Crippen LogP contribution in [0.15, 0.2) is 0 Å². The average Bonchev–Trinajstić information content (AvgIpc) is 2.58. The highest BCUT2D eigenvalue weighted by Crippen LogP contribution is 2.28. The Morgan fingerprint density at radius 3 is 2.00 bits per heavy atom. The molecule has 2 rings (SSSR count). The highest BCUT2D eigenvalue weighted by molar-refractivity contribution is 4.97. The number of hydrogen-bond donors (Lipinski definition) is 6. The SMILES string of the molecule is CO[C@H]1C(CO)O[C@@H](O[C@H]2C(O)C(N)[C@H](C)O[C@H]2CO)C(N)[C@H]1O. The maximum Gasteiger partial charge on any atom is 0.176 e. The minimum Gasteiger partial charge on any atom is -0.394 e. The molecule has 10 atom stereocenters. The fourth-order valence-electron chi connectivity index (χ4n) is 3.13. The topological polar surface area (TPSA) is 170 Å². The number of hydrogen-bond acceptors (Lipinski definition) is 10. The molecule has 0 aromatic heterocycles. The van der Waals surface area contributed by atoms with Crippen LogP contribution in [0.1, 0.15) is 6.92 Å². The summed E-state index contributed by atoms with van der Waals surface area (Å²) in [6.07, 6.45) is -7.35. The highest BCUT2D eigenvalue weighted by atomic mass is 16.7. The van der Waals surface area contributed by atoms with Crippen LogP contribution in [0.4, 0.5) is 0 Å². The third-order valence-electron chi connectivity index (χ3n) is 4.67. The van der Waals surface area contributed by atoms with Gasteiger partial charge in [0, 0.05) is 7.11 Å². The van der Waals surface area contributed by atoms with E-state index in [0.717, 1.165) is 0 Å². The largest absolute Gasteiger partial charge is 0.394 e. The van der Waals surface area contributed by atoms with Gasteiger partial charge in [-0.1, -0.05) is 0 Å². The Bertz CT molecular complexity index is 399. The summed E-state index contributed by atoms with van der Waals surface area (Å²) in [5.74, 6) is 0. The van der Waals surface area contributed by atoms with Crippen molar-refractivity contribution in [2.45, 2.75) is 68.0 Å². The first kappa shape index (κ1) is 19.9. The van der Waals surface area contributed by atoms with E-state index in [1.54, 1.807) is 6.92 Å². The minimum absolute atomic E-state index is 0.395. The summed E-state index contributed by atoms with van der Waals surface area (Å²) in [5.41, 5.74) is 11.8. The number of ether oxygens (including phenoxy) is 4. The maximum absolute atomic E-state index is 10.3. The quantitative estimate of drug-likeness (QED) is 0.289. The Balaban J connectivity index is 2.12. The number of methoxy groups -OCH3 is 1. The zero-order chi connectivity index (χ0) is 18.0. The van der Waals surface area contributed by atoms with Crippen molar-refractivity contribution in [3.63, 3.8) is 0 Å². The van der Waals surface area contributed by atoms with Crippen molar-refractivity contribution in [1.82, 2.24) is 0 Å². The first-order chi connectivity index (χ1) is 11.3. The van der Waals surface area contributed by atoms with Gasteiger partial charge < -0.3 is 50.8 Å². The van der Waals surface area contributed by atoms with Crippen molar-refractivity contribution in [3.8, 4) is 0 Å². The van der Waals surface area contributed by atoms with E-state index in [4.69, 9.17) is 30.4 Å². The summed E-state index contributed by atoms with van der Waals surface area (Å²) in [6, 6.07) is -1.71. The third-order valence-corrected chi connectivity index (χ3v) is 4.67. The van der Waals surface area contributed by atoms with Crippen LogP contribution in [0, 0.1) is 0 Å². The second kappa shape index (κ2) is 8.32. The van der Waals surface area contributed by atoms with Crippen LogP contribution >= 0.6 is 0 Å². The Labute approximate surface area is 140 Å². The van der Waals surface area contributed by atoms with Gasteiger partial charge in [-0.25, -0.2) is 0 Å². The number of rotatable bonds is 5. The van der Waals surface area contributed by atoms with Crippen LogP contribution in [0.3, 0.4) is 0 Å². The molecule has 0 aromatic rings. The van der Waals surface area contributed by atoms with Crippen LogP contribution in [0.25, 0.3) is 0 Å². The van der Waals surface area contributed by atoms with E-state index in [1.165, 1.54) is 7.11 Å². The molecule has 10 heteroatoms. The summed E-state index contributed by atoms with van der Waals surface area (Å²) in [7, 11) is 1.37. The third kappa shape index (κ3) is 3.73. The number of nitrogens with two attached hydrogens (primary N) is 2. The van der Waals surface area contributed by atoms with E-state index >= 15 is 0 Å². The normalized spacial score (nSPS) is 50.0. The summed E-state index contributed by atoms with van der Waals surface area (Å²) >= 11 is 0. The Morgan fingerprint density at radius 2 is 1.46 bits per heavy atom. The first-order valence-corrected chi connectivity index (χ1v) is 7.93. The molecule has 0 aromatic carbocycles. The second-order valence-electron chi connectivity index (χ2n) is 6.22. The Morgan fingerprint density at radius 1 is 0.917 bits per heavy atom. The second-order valence-corrected chi connectivity index (χ2v) is 6.22. The lowest BCUT2D eigenvalue weighted by molar-refractivity contribution is -0.312. The Kier molecular flexibility index (Phi) is 6.90. The highest BCUT2D eigenvalue weighted by Gasteiger charge is 2.49. The van der Waals surface area contributed by atoms with Gasteiger partial charge in [0.15, 0.2) is 6.29 Å². The van der Waals surface area contributed by atoms with Gasteiger partial charge in [-0.2, -0.15) is 0 Å². The summed E-state index contributed by atoms with van der Waals surface area (Å²) < 4.78 is 21.9. The van der Waals surface area contributed by atoms with E-state index in [1.807, 2.05) is 0 Å².